The summed E-state index contributed by atoms with van der Waals surface area (Å²) in [6.45, 7) is 7.11. The number of anilines is 2. The van der Waals surface area contributed by atoms with Crippen LogP contribution in [-0.2, 0) is 11.3 Å². The average molecular weight is 424 g/mol. The summed E-state index contributed by atoms with van der Waals surface area (Å²) in [7, 11) is 0. The standard InChI is InChI=1S/C20H24N8O3/c1-2-28-20-18(24-25-28)19(21-13-22-20)27-7-5-26(6-8-27)12-17(29)23-14-3-4-15-16(11-14)31-10-9-30-15/h3-4,11,13H,2,5-10,12H2,1H3,(H,23,29). The summed E-state index contributed by atoms with van der Waals surface area (Å²) in [5, 5.41) is 11.4. The van der Waals surface area contributed by atoms with E-state index in [1.807, 2.05) is 19.1 Å². The van der Waals surface area contributed by atoms with Gasteiger partial charge in [0.25, 0.3) is 0 Å². The maximum atomic E-state index is 12.5. The van der Waals surface area contributed by atoms with Crippen LogP contribution in [0.3, 0.4) is 0 Å². The molecule has 1 saturated heterocycles. The molecule has 1 N–H and O–H groups in total. The van der Waals surface area contributed by atoms with Gasteiger partial charge in [-0.3, -0.25) is 9.69 Å². The normalized spacial score (nSPS) is 16.5. The van der Waals surface area contributed by atoms with Crippen LogP contribution in [0, 0.1) is 0 Å². The highest BCUT2D eigenvalue weighted by molar-refractivity contribution is 5.92. The Morgan fingerprint density at radius 1 is 1.10 bits per heavy atom. The molecule has 1 amide bonds. The van der Waals surface area contributed by atoms with Crippen molar-refractivity contribution in [1.29, 1.82) is 0 Å². The number of nitrogens with zero attached hydrogens (tertiary/aromatic N) is 7. The highest BCUT2D eigenvalue weighted by Gasteiger charge is 2.23. The van der Waals surface area contributed by atoms with Crippen LogP contribution in [0.2, 0.25) is 0 Å². The van der Waals surface area contributed by atoms with Gasteiger partial charge in [0.05, 0.1) is 6.54 Å². The Hall–Kier alpha value is -3.47. The minimum atomic E-state index is -0.0551. The molecule has 1 fully saturated rings. The number of carbonyl (C=O) groups excluding carboxylic acids is 1. The Balaban J connectivity index is 1.18. The zero-order valence-corrected chi connectivity index (χ0v) is 17.3. The van der Waals surface area contributed by atoms with Gasteiger partial charge in [0.2, 0.25) is 5.91 Å². The maximum absolute atomic E-state index is 12.5. The Bertz CT molecular complexity index is 1090. The van der Waals surface area contributed by atoms with Gasteiger partial charge >= 0.3 is 0 Å². The highest BCUT2D eigenvalue weighted by atomic mass is 16.6. The molecule has 5 rings (SSSR count). The van der Waals surface area contributed by atoms with Crippen molar-refractivity contribution in [2.24, 2.45) is 0 Å². The molecule has 162 valence electrons. The van der Waals surface area contributed by atoms with Crippen molar-refractivity contribution in [1.82, 2.24) is 29.9 Å². The number of aromatic nitrogens is 5. The van der Waals surface area contributed by atoms with Gasteiger partial charge in [-0.25, -0.2) is 14.6 Å². The van der Waals surface area contributed by atoms with Gasteiger partial charge in [0.1, 0.15) is 19.5 Å². The molecule has 2 aliphatic heterocycles. The van der Waals surface area contributed by atoms with Gasteiger partial charge in [-0.05, 0) is 19.1 Å². The van der Waals surface area contributed by atoms with Gasteiger partial charge in [0, 0.05) is 44.5 Å². The van der Waals surface area contributed by atoms with E-state index in [1.54, 1.807) is 17.1 Å². The Morgan fingerprint density at radius 3 is 2.71 bits per heavy atom. The third-order valence-corrected chi connectivity index (χ3v) is 5.45. The molecular formula is C20H24N8O3. The van der Waals surface area contributed by atoms with Gasteiger partial charge in [-0.2, -0.15) is 0 Å². The monoisotopic (exact) mass is 424 g/mol. The largest absolute Gasteiger partial charge is 0.486 e. The zero-order chi connectivity index (χ0) is 21.2. The van der Waals surface area contributed by atoms with E-state index >= 15 is 0 Å². The molecule has 11 nitrogen and oxygen atoms in total. The number of amides is 1. The Labute approximate surface area is 179 Å². The number of aryl methyl sites for hydroxylation is 1. The topological polar surface area (TPSA) is 111 Å². The van der Waals surface area contributed by atoms with Crippen LogP contribution in [-0.4, -0.2) is 81.7 Å². The summed E-state index contributed by atoms with van der Waals surface area (Å²) < 4.78 is 12.9. The van der Waals surface area contributed by atoms with E-state index in [-0.39, 0.29) is 5.91 Å². The molecule has 11 heteroatoms. The molecule has 0 spiro atoms. The fraction of sp³-hybridized carbons (Fsp3) is 0.450. The third-order valence-electron chi connectivity index (χ3n) is 5.45. The van der Waals surface area contributed by atoms with Crippen molar-refractivity contribution >= 4 is 28.6 Å². The van der Waals surface area contributed by atoms with Crippen molar-refractivity contribution < 1.29 is 14.3 Å². The minimum Gasteiger partial charge on any atom is -0.486 e. The van der Waals surface area contributed by atoms with Crippen LogP contribution in [0.4, 0.5) is 11.5 Å². The minimum absolute atomic E-state index is 0.0551. The number of ether oxygens (including phenoxy) is 2. The lowest BCUT2D eigenvalue weighted by atomic mass is 10.2. The Morgan fingerprint density at radius 2 is 1.90 bits per heavy atom. The van der Waals surface area contributed by atoms with E-state index in [1.165, 1.54) is 0 Å². The van der Waals surface area contributed by atoms with Crippen molar-refractivity contribution in [2.45, 2.75) is 13.5 Å². The second kappa shape index (κ2) is 8.34. The molecule has 4 heterocycles. The van der Waals surface area contributed by atoms with E-state index in [0.717, 1.165) is 37.6 Å². The Kier molecular flexibility index (Phi) is 5.24. The van der Waals surface area contributed by atoms with Crippen molar-refractivity contribution in [3.8, 4) is 11.5 Å². The van der Waals surface area contributed by atoms with Gasteiger partial charge in [-0.1, -0.05) is 5.21 Å². The molecule has 31 heavy (non-hydrogen) atoms. The zero-order valence-electron chi connectivity index (χ0n) is 17.3. The second-order valence-corrected chi connectivity index (χ2v) is 7.44. The smallest absolute Gasteiger partial charge is 0.238 e. The lowest BCUT2D eigenvalue weighted by Gasteiger charge is -2.34. The van der Waals surface area contributed by atoms with Gasteiger partial charge < -0.3 is 19.7 Å². The number of piperazine rings is 1. The number of rotatable bonds is 5. The molecule has 3 aromatic rings. The maximum Gasteiger partial charge on any atom is 0.238 e. The first-order valence-corrected chi connectivity index (χ1v) is 10.4. The van der Waals surface area contributed by atoms with E-state index in [0.29, 0.717) is 49.0 Å². The van der Waals surface area contributed by atoms with Gasteiger partial charge in [0.15, 0.2) is 28.5 Å². The van der Waals surface area contributed by atoms with Crippen LogP contribution in [0.1, 0.15) is 6.92 Å². The SMILES string of the molecule is CCn1nnc2c(N3CCN(CC(=O)Nc4ccc5c(c4)OCCO5)CC3)ncnc21. The van der Waals surface area contributed by atoms with Gasteiger partial charge in [-0.15, -0.1) is 5.10 Å². The fourth-order valence-electron chi connectivity index (χ4n) is 3.87. The molecule has 2 aliphatic rings. The van der Waals surface area contributed by atoms with E-state index in [2.05, 4.69) is 35.4 Å². The number of benzene rings is 1. The average Bonchev–Trinajstić information content (AvgIpc) is 3.23. The van der Waals surface area contributed by atoms with Crippen LogP contribution >= 0.6 is 0 Å². The van der Waals surface area contributed by atoms with E-state index < -0.39 is 0 Å². The third kappa shape index (κ3) is 3.96. The number of hydrogen-bond acceptors (Lipinski definition) is 9. The number of fused-ring (bicyclic) bond motifs is 2. The quantitative estimate of drug-likeness (QED) is 0.635. The predicted octanol–water partition coefficient (Wildman–Crippen LogP) is 0.773. The fourth-order valence-corrected chi connectivity index (χ4v) is 3.87. The molecule has 0 radical (unpaired) electrons. The van der Waals surface area contributed by atoms with Crippen molar-refractivity contribution in [3.63, 3.8) is 0 Å². The van der Waals surface area contributed by atoms with Crippen molar-refractivity contribution in [3.05, 3.63) is 24.5 Å². The first-order chi connectivity index (χ1) is 15.2. The molecular weight excluding hydrogens is 400 g/mol. The highest BCUT2D eigenvalue weighted by Crippen LogP contribution is 2.32. The summed E-state index contributed by atoms with van der Waals surface area (Å²) in [5.41, 5.74) is 2.16. The first-order valence-electron chi connectivity index (χ1n) is 10.4. The van der Waals surface area contributed by atoms with Crippen molar-refractivity contribution in [2.75, 3.05) is 56.2 Å². The molecule has 0 unspecified atom stereocenters. The molecule has 0 aliphatic carbocycles. The number of nitrogens with one attached hydrogen (secondary N) is 1. The van der Waals surface area contributed by atoms with Crippen LogP contribution in [0.15, 0.2) is 24.5 Å². The lowest BCUT2D eigenvalue weighted by Crippen LogP contribution is -2.49. The molecule has 0 atom stereocenters. The molecule has 1 aromatic carbocycles. The summed E-state index contributed by atoms with van der Waals surface area (Å²) in [4.78, 5) is 25.6. The van der Waals surface area contributed by atoms with Crippen LogP contribution < -0.4 is 19.7 Å². The number of carbonyl (C=O) groups is 1. The first kappa shape index (κ1) is 19.5. The number of hydrogen-bond donors (Lipinski definition) is 1. The summed E-state index contributed by atoms with van der Waals surface area (Å²) in [6, 6.07) is 5.45. The molecule has 2 aromatic heterocycles. The van der Waals surface area contributed by atoms with Crippen LogP contribution in [0.25, 0.3) is 11.2 Å². The molecule has 0 bridgehead atoms. The summed E-state index contributed by atoms with van der Waals surface area (Å²) in [5.74, 6) is 2.11. The van der Waals surface area contributed by atoms with E-state index in [4.69, 9.17) is 9.47 Å². The second-order valence-electron chi connectivity index (χ2n) is 7.44. The predicted molar refractivity (Wildman–Crippen MR) is 114 cm³/mol. The summed E-state index contributed by atoms with van der Waals surface area (Å²) in [6.07, 6.45) is 1.56. The lowest BCUT2D eigenvalue weighted by molar-refractivity contribution is -0.117. The van der Waals surface area contributed by atoms with Crippen LogP contribution in [0.5, 0.6) is 11.5 Å². The van der Waals surface area contributed by atoms with E-state index in [9.17, 15) is 4.79 Å². The summed E-state index contributed by atoms with van der Waals surface area (Å²) >= 11 is 0. The molecule has 0 saturated carbocycles.